The zero-order chi connectivity index (χ0) is 11.8. The van der Waals surface area contributed by atoms with Gasteiger partial charge in [0.05, 0.1) is 12.3 Å². The lowest BCUT2D eigenvalue weighted by molar-refractivity contribution is 0.146. The lowest BCUT2D eigenvalue weighted by Crippen LogP contribution is -2.26. The van der Waals surface area contributed by atoms with Gasteiger partial charge in [-0.3, -0.25) is 0 Å². The number of rotatable bonds is 6. The maximum absolute atomic E-state index is 11.1. The zero-order valence-corrected chi connectivity index (χ0v) is 11.0. The van der Waals surface area contributed by atoms with E-state index >= 15 is 0 Å². The number of thiazole rings is 1. The lowest BCUT2D eigenvalue weighted by atomic mass is 10.4. The van der Waals surface area contributed by atoms with Gasteiger partial charge in [0.15, 0.2) is 3.92 Å². The molecule has 0 atom stereocenters. The first kappa shape index (κ1) is 13.4. The summed E-state index contributed by atoms with van der Waals surface area (Å²) in [7, 11) is 0. The third-order valence-electron chi connectivity index (χ3n) is 1.72. The molecule has 7 heteroatoms. The smallest absolute Gasteiger partial charge is 0.407 e. The van der Waals surface area contributed by atoms with Crippen LogP contribution in [0.5, 0.6) is 0 Å². The van der Waals surface area contributed by atoms with Crippen LogP contribution < -0.4 is 5.32 Å². The van der Waals surface area contributed by atoms with Crippen LogP contribution in [0.3, 0.4) is 0 Å². The van der Waals surface area contributed by atoms with Gasteiger partial charge in [0.1, 0.15) is 0 Å². The van der Waals surface area contributed by atoms with Crippen LogP contribution in [0, 0.1) is 0 Å². The van der Waals surface area contributed by atoms with E-state index in [0.29, 0.717) is 26.0 Å². The normalized spacial score (nSPS) is 10.1. The standard InChI is InChI=1S/C9H13BrN2O3S/c10-8-12-7(6-16-8)2-5-15-9(14)11-3-1-4-13/h6,13H,1-5H2,(H,11,14). The molecule has 1 amide bonds. The summed E-state index contributed by atoms with van der Waals surface area (Å²) in [6.45, 7) is 0.797. The van der Waals surface area contributed by atoms with Crippen molar-refractivity contribution in [3.63, 3.8) is 0 Å². The third-order valence-corrected chi connectivity index (χ3v) is 3.13. The summed E-state index contributed by atoms with van der Waals surface area (Å²) >= 11 is 4.76. The fourth-order valence-corrected chi connectivity index (χ4v) is 2.05. The summed E-state index contributed by atoms with van der Waals surface area (Å²) in [5.41, 5.74) is 0.903. The largest absolute Gasteiger partial charge is 0.449 e. The second kappa shape index (κ2) is 7.59. The summed E-state index contributed by atoms with van der Waals surface area (Å²) in [6.07, 6.45) is 0.687. The maximum atomic E-state index is 11.1. The molecule has 0 aliphatic rings. The fourth-order valence-electron chi connectivity index (χ4n) is 0.966. The second-order valence-electron chi connectivity index (χ2n) is 2.98. The zero-order valence-electron chi connectivity index (χ0n) is 8.61. The van der Waals surface area contributed by atoms with Crippen molar-refractivity contribution in [1.29, 1.82) is 0 Å². The number of nitrogens with zero attached hydrogens (tertiary/aromatic N) is 1. The van der Waals surface area contributed by atoms with Gasteiger partial charge in [-0.25, -0.2) is 9.78 Å². The van der Waals surface area contributed by atoms with Crippen LogP contribution in [0.2, 0.25) is 0 Å². The van der Waals surface area contributed by atoms with Gasteiger partial charge in [-0.1, -0.05) is 0 Å². The Morgan fingerprint density at radius 1 is 1.69 bits per heavy atom. The van der Waals surface area contributed by atoms with Gasteiger partial charge in [0.2, 0.25) is 0 Å². The first-order valence-electron chi connectivity index (χ1n) is 4.83. The topological polar surface area (TPSA) is 71.5 Å². The molecular weight excluding hydrogens is 296 g/mol. The van der Waals surface area contributed by atoms with Crippen LogP contribution in [0.1, 0.15) is 12.1 Å². The van der Waals surface area contributed by atoms with Gasteiger partial charge in [0, 0.05) is 25.0 Å². The molecule has 0 aliphatic carbocycles. The number of halogens is 1. The van der Waals surface area contributed by atoms with Crippen LogP contribution in [-0.4, -0.2) is 35.9 Å². The number of hydrogen-bond donors (Lipinski definition) is 2. The van der Waals surface area contributed by atoms with Crippen LogP contribution in [0.25, 0.3) is 0 Å². The number of aliphatic hydroxyl groups excluding tert-OH is 1. The van der Waals surface area contributed by atoms with Crippen molar-refractivity contribution in [3.05, 3.63) is 15.0 Å². The van der Waals surface area contributed by atoms with Crippen molar-refractivity contribution < 1.29 is 14.6 Å². The molecule has 1 aromatic rings. The molecule has 2 N–H and O–H groups in total. The van der Waals surface area contributed by atoms with Crippen molar-refractivity contribution in [3.8, 4) is 0 Å². The van der Waals surface area contributed by atoms with E-state index in [1.54, 1.807) is 0 Å². The number of alkyl carbamates (subject to hydrolysis) is 1. The molecule has 0 saturated heterocycles. The fraction of sp³-hybridized carbons (Fsp3) is 0.556. The van der Waals surface area contributed by atoms with Gasteiger partial charge in [-0.05, 0) is 22.4 Å². The third kappa shape index (κ3) is 5.43. The number of carbonyl (C=O) groups excluding carboxylic acids is 1. The van der Waals surface area contributed by atoms with E-state index in [-0.39, 0.29) is 6.61 Å². The Balaban J connectivity index is 2.08. The number of carbonyl (C=O) groups is 1. The summed E-state index contributed by atoms with van der Waals surface area (Å²) < 4.78 is 5.75. The van der Waals surface area contributed by atoms with E-state index in [2.05, 4.69) is 26.2 Å². The van der Waals surface area contributed by atoms with E-state index < -0.39 is 6.09 Å². The Hall–Kier alpha value is -0.660. The minimum absolute atomic E-state index is 0.0626. The van der Waals surface area contributed by atoms with Crippen LogP contribution in [0.4, 0.5) is 4.79 Å². The van der Waals surface area contributed by atoms with E-state index in [4.69, 9.17) is 9.84 Å². The highest BCUT2D eigenvalue weighted by molar-refractivity contribution is 9.11. The molecule has 90 valence electrons. The Labute approximate surface area is 106 Å². The van der Waals surface area contributed by atoms with Crippen molar-refractivity contribution >= 4 is 33.4 Å². The highest BCUT2D eigenvalue weighted by Gasteiger charge is 2.03. The number of aromatic nitrogens is 1. The molecule has 5 nitrogen and oxygen atoms in total. The quantitative estimate of drug-likeness (QED) is 0.782. The Kier molecular flexibility index (Phi) is 6.36. The maximum Gasteiger partial charge on any atom is 0.407 e. The molecule has 1 heterocycles. The molecule has 0 radical (unpaired) electrons. The van der Waals surface area contributed by atoms with Crippen molar-refractivity contribution in [2.45, 2.75) is 12.8 Å². The second-order valence-corrected chi connectivity index (χ2v) is 5.12. The molecule has 0 unspecified atom stereocenters. The SMILES string of the molecule is O=C(NCCCO)OCCc1csc(Br)n1. The van der Waals surface area contributed by atoms with Gasteiger partial charge >= 0.3 is 6.09 Å². The molecule has 0 fully saturated rings. The molecule has 0 bridgehead atoms. The van der Waals surface area contributed by atoms with Crippen LogP contribution >= 0.6 is 27.3 Å². The average molecular weight is 309 g/mol. The first-order chi connectivity index (χ1) is 7.72. The summed E-state index contributed by atoms with van der Waals surface area (Å²) in [4.78, 5) is 15.2. The Morgan fingerprint density at radius 2 is 2.50 bits per heavy atom. The number of aliphatic hydroxyl groups is 1. The van der Waals surface area contributed by atoms with Gasteiger partial charge in [-0.2, -0.15) is 0 Å². The summed E-state index contributed by atoms with van der Waals surface area (Å²) in [5, 5.41) is 12.9. The number of nitrogens with one attached hydrogen (secondary N) is 1. The number of hydrogen-bond acceptors (Lipinski definition) is 5. The molecule has 0 saturated carbocycles. The molecule has 0 aromatic carbocycles. The Bertz CT molecular complexity index is 332. The predicted molar refractivity (Wildman–Crippen MR) is 64.6 cm³/mol. The Morgan fingerprint density at radius 3 is 3.12 bits per heavy atom. The number of amides is 1. The molecule has 0 spiro atoms. The number of ether oxygens (including phenoxy) is 1. The lowest BCUT2D eigenvalue weighted by Gasteiger charge is -2.04. The minimum Gasteiger partial charge on any atom is -0.449 e. The van der Waals surface area contributed by atoms with Crippen molar-refractivity contribution in [2.24, 2.45) is 0 Å². The van der Waals surface area contributed by atoms with Crippen molar-refractivity contribution in [1.82, 2.24) is 10.3 Å². The van der Waals surface area contributed by atoms with Crippen LogP contribution in [-0.2, 0) is 11.2 Å². The van der Waals surface area contributed by atoms with Gasteiger partial charge < -0.3 is 15.2 Å². The molecule has 0 aliphatic heterocycles. The molecule has 1 rings (SSSR count). The predicted octanol–water partition coefficient (Wildman–Crippen LogP) is 1.56. The van der Waals surface area contributed by atoms with E-state index in [1.807, 2.05) is 5.38 Å². The summed E-state index contributed by atoms with van der Waals surface area (Å²) in [6, 6.07) is 0. The molecule has 1 aromatic heterocycles. The monoisotopic (exact) mass is 308 g/mol. The molecular formula is C9H13BrN2O3S. The van der Waals surface area contributed by atoms with E-state index in [9.17, 15) is 4.79 Å². The van der Waals surface area contributed by atoms with Crippen LogP contribution in [0.15, 0.2) is 9.30 Å². The van der Waals surface area contributed by atoms with Gasteiger partial charge in [-0.15, -0.1) is 11.3 Å². The first-order valence-corrected chi connectivity index (χ1v) is 6.51. The average Bonchev–Trinajstić information content (AvgIpc) is 2.65. The highest BCUT2D eigenvalue weighted by atomic mass is 79.9. The van der Waals surface area contributed by atoms with E-state index in [1.165, 1.54) is 11.3 Å². The van der Waals surface area contributed by atoms with Gasteiger partial charge in [0.25, 0.3) is 0 Å². The highest BCUT2D eigenvalue weighted by Crippen LogP contribution is 2.15. The summed E-state index contributed by atoms with van der Waals surface area (Å²) in [5.74, 6) is 0. The molecule has 16 heavy (non-hydrogen) atoms. The van der Waals surface area contributed by atoms with E-state index in [0.717, 1.165) is 9.61 Å². The minimum atomic E-state index is -0.456. The van der Waals surface area contributed by atoms with Crippen molar-refractivity contribution in [2.75, 3.05) is 19.8 Å².